The zero-order valence-corrected chi connectivity index (χ0v) is 20.0. The van der Waals surface area contributed by atoms with Gasteiger partial charge in [0.15, 0.2) is 5.01 Å². The van der Waals surface area contributed by atoms with Crippen LogP contribution in [-0.4, -0.2) is 49.1 Å². The highest BCUT2D eigenvalue weighted by Gasteiger charge is 2.39. The van der Waals surface area contributed by atoms with Gasteiger partial charge in [-0.25, -0.2) is 0 Å². The summed E-state index contributed by atoms with van der Waals surface area (Å²) in [5.41, 5.74) is 3.14. The predicted molar refractivity (Wildman–Crippen MR) is 125 cm³/mol. The van der Waals surface area contributed by atoms with E-state index in [2.05, 4.69) is 71.3 Å². The van der Waals surface area contributed by atoms with Gasteiger partial charge in [-0.1, -0.05) is 17.4 Å². The summed E-state index contributed by atoms with van der Waals surface area (Å²) in [4.78, 5) is 6.90. The maximum atomic E-state index is 4.61. The molecule has 7 nitrogen and oxygen atoms in total. The van der Waals surface area contributed by atoms with Crippen molar-refractivity contribution in [2.24, 2.45) is 7.05 Å². The van der Waals surface area contributed by atoms with E-state index in [1.807, 2.05) is 31.7 Å². The van der Waals surface area contributed by atoms with E-state index in [1.54, 1.807) is 16.0 Å². The average molecular weight is 448 g/mol. The maximum Gasteiger partial charge on any atom is 0.208 e. The van der Waals surface area contributed by atoms with Crippen molar-refractivity contribution in [2.45, 2.75) is 57.7 Å². The highest BCUT2D eigenvalue weighted by molar-refractivity contribution is 7.18. The molecule has 0 aliphatic carbocycles. The van der Waals surface area contributed by atoms with Gasteiger partial charge in [0.05, 0.1) is 6.20 Å². The van der Waals surface area contributed by atoms with Crippen LogP contribution in [0, 0.1) is 0 Å². The second-order valence-electron chi connectivity index (χ2n) is 9.29. The van der Waals surface area contributed by atoms with E-state index < -0.39 is 0 Å². The number of halogens is 1. The van der Waals surface area contributed by atoms with Gasteiger partial charge in [0.2, 0.25) is 5.13 Å². The lowest BCUT2D eigenvalue weighted by molar-refractivity contribution is 0.161. The second-order valence-corrected chi connectivity index (χ2v) is 10.2. The zero-order chi connectivity index (χ0) is 20.8. The van der Waals surface area contributed by atoms with Gasteiger partial charge in [-0.15, -0.1) is 22.6 Å². The Kier molecular flexibility index (Phi) is 6.23. The molecule has 0 unspecified atom stereocenters. The fourth-order valence-corrected chi connectivity index (χ4v) is 5.28. The molecule has 0 aromatic carbocycles. The first kappa shape index (κ1) is 22.7. The van der Waals surface area contributed by atoms with Crippen molar-refractivity contribution in [3.05, 3.63) is 30.7 Å². The van der Waals surface area contributed by atoms with Gasteiger partial charge in [0.1, 0.15) is 5.69 Å². The number of pyridine rings is 1. The number of rotatable bonds is 4. The Bertz CT molecular complexity index is 977. The van der Waals surface area contributed by atoms with Gasteiger partial charge in [-0.05, 0) is 46.6 Å². The molecule has 0 atom stereocenters. The quantitative estimate of drug-likeness (QED) is 0.647. The van der Waals surface area contributed by atoms with Crippen LogP contribution < -0.4 is 10.2 Å². The number of anilines is 1. The number of nitrogens with zero attached hydrogens (tertiary/aromatic N) is 6. The summed E-state index contributed by atoms with van der Waals surface area (Å²) in [5, 5.41) is 18.6. The van der Waals surface area contributed by atoms with E-state index >= 15 is 0 Å². The molecule has 1 saturated heterocycles. The Morgan fingerprint density at radius 3 is 2.33 bits per heavy atom. The van der Waals surface area contributed by atoms with Crippen molar-refractivity contribution in [2.75, 3.05) is 11.9 Å². The van der Waals surface area contributed by atoms with Crippen molar-refractivity contribution in [1.82, 2.24) is 30.3 Å². The summed E-state index contributed by atoms with van der Waals surface area (Å²) >= 11 is 1.60. The Hall–Kier alpha value is -2.03. The van der Waals surface area contributed by atoms with E-state index in [9.17, 15) is 0 Å². The van der Waals surface area contributed by atoms with Crippen LogP contribution in [0.1, 0.15) is 40.5 Å². The first-order valence-electron chi connectivity index (χ1n) is 9.93. The number of aryl methyl sites for hydroxylation is 1. The zero-order valence-electron chi connectivity index (χ0n) is 18.4. The Balaban J connectivity index is 0.00000256. The summed E-state index contributed by atoms with van der Waals surface area (Å²) in [6.07, 6.45) is 7.84. The Morgan fingerprint density at radius 2 is 1.77 bits per heavy atom. The third kappa shape index (κ3) is 4.82. The first-order chi connectivity index (χ1) is 13.6. The van der Waals surface area contributed by atoms with E-state index in [1.165, 1.54) is 0 Å². The van der Waals surface area contributed by atoms with Crippen LogP contribution in [0.2, 0.25) is 0 Å². The van der Waals surface area contributed by atoms with Gasteiger partial charge in [-0.2, -0.15) is 5.10 Å². The first-order valence-corrected chi connectivity index (χ1v) is 10.7. The maximum absolute atomic E-state index is 4.61. The van der Waals surface area contributed by atoms with Crippen LogP contribution in [0.4, 0.5) is 5.13 Å². The molecule has 1 fully saturated rings. The summed E-state index contributed by atoms with van der Waals surface area (Å²) in [7, 11) is 4.04. The van der Waals surface area contributed by atoms with Crippen LogP contribution in [0.25, 0.3) is 21.8 Å². The minimum Gasteiger partial charge on any atom is -0.347 e. The molecule has 1 N–H and O–H groups in total. The monoisotopic (exact) mass is 447 g/mol. The lowest BCUT2D eigenvalue weighted by Crippen LogP contribution is -2.61. The van der Waals surface area contributed by atoms with Crippen molar-refractivity contribution in [3.8, 4) is 21.8 Å². The van der Waals surface area contributed by atoms with Crippen LogP contribution in [0.5, 0.6) is 0 Å². The topological polar surface area (TPSA) is 71.8 Å². The molecular formula is C21H30ClN7S. The molecule has 3 aromatic heterocycles. The highest BCUT2D eigenvalue weighted by Crippen LogP contribution is 2.35. The molecule has 3 aromatic rings. The molecule has 0 radical (unpaired) electrons. The minimum absolute atomic E-state index is 0. The van der Waals surface area contributed by atoms with Crippen LogP contribution in [0.15, 0.2) is 30.7 Å². The molecule has 0 amide bonds. The average Bonchev–Trinajstić information content (AvgIpc) is 3.28. The van der Waals surface area contributed by atoms with Crippen LogP contribution in [0.3, 0.4) is 0 Å². The third-order valence-electron chi connectivity index (χ3n) is 5.45. The molecular weight excluding hydrogens is 418 g/mol. The SMILES string of the molecule is CN(c1nnc(-c2ccc(-c3cnn(C)c3)cn2)s1)C1CC(C)(C)NC(C)(C)C1.Cl. The Morgan fingerprint density at radius 1 is 1.07 bits per heavy atom. The fraction of sp³-hybridized carbons (Fsp3) is 0.524. The summed E-state index contributed by atoms with van der Waals surface area (Å²) in [6.45, 7) is 9.09. The normalized spacial score (nSPS) is 18.1. The molecule has 4 rings (SSSR count). The number of hydrogen-bond donors (Lipinski definition) is 1. The molecule has 1 aliphatic rings. The summed E-state index contributed by atoms with van der Waals surface area (Å²) in [5.74, 6) is 0. The molecule has 1 aliphatic heterocycles. The minimum atomic E-state index is 0. The molecule has 0 saturated carbocycles. The van der Waals surface area contributed by atoms with E-state index in [0.29, 0.717) is 6.04 Å². The van der Waals surface area contributed by atoms with Gasteiger partial charge in [0, 0.05) is 54.7 Å². The predicted octanol–water partition coefficient (Wildman–Crippen LogP) is 4.17. The van der Waals surface area contributed by atoms with Crippen molar-refractivity contribution in [3.63, 3.8) is 0 Å². The lowest BCUT2D eigenvalue weighted by atomic mass is 9.79. The van der Waals surface area contributed by atoms with Gasteiger partial charge < -0.3 is 10.2 Å². The molecule has 0 bridgehead atoms. The molecule has 9 heteroatoms. The van der Waals surface area contributed by atoms with E-state index in [-0.39, 0.29) is 23.5 Å². The van der Waals surface area contributed by atoms with E-state index in [4.69, 9.17) is 0 Å². The molecule has 30 heavy (non-hydrogen) atoms. The van der Waals surface area contributed by atoms with Crippen molar-refractivity contribution < 1.29 is 0 Å². The smallest absolute Gasteiger partial charge is 0.208 e. The number of nitrogens with one attached hydrogen (secondary N) is 1. The van der Waals surface area contributed by atoms with Crippen molar-refractivity contribution in [1.29, 1.82) is 0 Å². The van der Waals surface area contributed by atoms with Crippen LogP contribution in [-0.2, 0) is 7.05 Å². The molecule has 0 spiro atoms. The molecule has 4 heterocycles. The van der Waals surface area contributed by atoms with Gasteiger partial charge in [0.25, 0.3) is 0 Å². The molecule has 162 valence electrons. The summed E-state index contributed by atoms with van der Waals surface area (Å²) < 4.78 is 1.79. The largest absolute Gasteiger partial charge is 0.347 e. The van der Waals surface area contributed by atoms with Gasteiger partial charge in [-0.3, -0.25) is 9.67 Å². The van der Waals surface area contributed by atoms with Crippen LogP contribution >= 0.6 is 23.7 Å². The lowest BCUT2D eigenvalue weighted by Gasteiger charge is -2.48. The standard InChI is InChI=1S/C21H29N7S.ClH/c1-20(2)9-16(10-21(3,4)26-20)28(6)19-25-24-18(29-19)17-8-7-14(11-22-17)15-12-23-27(5)13-15;/h7-8,11-13,16,26H,9-10H2,1-6H3;1H. The Labute approximate surface area is 188 Å². The fourth-order valence-electron chi connectivity index (χ4n) is 4.42. The second kappa shape index (κ2) is 8.24. The highest BCUT2D eigenvalue weighted by atomic mass is 35.5. The van der Waals surface area contributed by atoms with Crippen molar-refractivity contribution >= 4 is 28.9 Å². The van der Waals surface area contributed by atoms with E-state index in [0.717, 1.165) is 39.8 Å². The number of piperidine rings is 1. The summed E-state index contributed by atoms with van der Waals surface area (Å²) in [6, 6.07) is 4.48. The number of aromatic nitrogens is 5. The number of hydrogen-bond acceptors (Lipinski definition) is 7. The van der Waals surface area contributed by atoms with Gasteiger partial charge >= 0.3 is 0 Å². The third-order valence-corrected chi connectivity index (χ3v) is 6.49.